The Hall–Kier alpha value is -3.93. The number of carbonyl (C=O) groups excluding carboxylic acids is 2. The highest BCUT2D eigenvalue weighted by atomic mass is 16.5. The Morgan fingerprint density at radius 1 is 1.00 bits per heavy atom. The number of carbonyl (C=O) groups is 2. The van der Waals surface area contributed by atoms with Crippen LogP contribution in [-0.4, -0.2) is 35.9 Å². The van der Waals surface area contributed by atoms with Gasteiger partial charge in [0.2, 0.25) is 12.3 Å². The van der Waals surface area contributed by atoms with E-state index in [1.165, 1.54) is 0 Å². The molecule has 0 radical (unpaired) electrons. The molecule has 0 bridgehead atoms. The van der Waals surface area contributed by atoms with E-state index in [0.717, 1.165) is 28.0 Å². The van der Waals surface area contributed by atoms with Crippen molar-refractivity contribution in [1.82, 2.24) is 10.7 Å². The molecule has 6 heteroatoms. The zero-order chi connectivity index (χ0) is 22.7. The minimum absolute atomic E-state index is 0.268. The summed E-state index contributed by atoms with van der Waals surface area (Å²) in [6.45, 7) is 3.94. The number of ether oxygens (including phenoxy) is 1. The molecule has 4 rings (SSSR count). The molecule has 32 heavy (non-hydrogen) atoms. The van der Waals surface area contributed by atoms with Gasteiger partial charge in [-0.2, -0.15) is 0 Å². The number of hydrazine groups is 1. The lowest BCUT2D eigenvalue weighted by Crippen LogP contribution is -2.42. The third kappa shape index (κ3) is 4.54. The van der Waals surface area contributed by atoms with Crippen molar-refractivity contribution in [2.24, 2.45) is 0 Å². The van der Waals surface area contributed by atoms with Crippen molar-refractivity contribution in [2.45, 2.75) is 25.9 Å². The van der Waals surface area contributed by atoms with Gasteiger partial charge in [0.15, 0.2) is 6.04 Å². The van der Waals surface area contributed by atoms with E-state index in [-0.39, 0.29) is 11.8 Å². The minimum atomic E-state index is -0.757. The van der Waals surface area contributed by atoms with Crippen LogP contribution in [0.25, 0.3) is 0 Å². The summed E-state index contributed by atoms with van der Waals surface area (Å²) in [6, 6.07) is 21.7. The van der Waals surface area contributed by atoms with Gasteiger partial charge in [-0.05, 0) is 44.2 Å². The van der Waals surface area contributed by atoms with Crippen LogP contribution >= 0.6 is 0 Å². The first kappa shape index (κ1) is 21.3. The molecular weight excluding hydrogens is 402 g/mol. The molecule has 3 aromatic carbocycles. The second-order valence-corrected chi connectivity index (χ2v) is 7.97. The molecule has 2 N–H and O–H groups in total. The highest BCUT2D eigenvalue weighted by Crippen LogP contribution is 2.26. The lowest BCUT2D eigenvalue weighted by molar-refractivity contribution is -0.596. The van der Waals surface area contributed by atoms with Crippen LogP contribution in [0.4, 0.5) is 0 Å². The molecule has 6 nitrogen and oxygen atoms in total. The number of methoxy groups -OCH3 is 1. The Bertz CT molecular complexity index is 1180. The Morgan fingerprint density at radius 2 is 1.75 bits per heavy atom. The van der Waals surface area contributed by atoms with E-state index in [4.69, 9.17) is 4.74 Å². The Labute approximate surface area is 187 Å². The number of nitrogens with one attached hydrogen (secondary N) is 2. The maximum absolute atomic E-state index is 13.0. The SMILES string of the molecule is COc1cccc(/C=[N+]2\NC(=O)[C@H](NC(=O)c3cccc(C)c3)[C@H]2c2ccc(C)cc2)c1. The number of benzene rings is 3. The van der Waals surface area contributed by atoms with Crippen molar-refractivity contribution in [3.05, 3.63) is 101 Å². The van der Waals surface area contributed by atoms with Gasteiger partial charge in [0.25, 0.3) is 5.91 Å². The summed E-state index contributed by atoms with van der Waals surface area (Å²) >= 11 is 0. The van der Waals surface area contributed by atoms with Gasteiger partial charge >= 0.3 is 5.91 Å². The average Bonchev–Trinajstić information content (AvgIpc) is 3.09. The van der Waals surface area contributed by atoms with Gasteiger partial charge in [-0.3, -0.25) is 9.59 Å². The van der Waals surface area contributed by atoms with E-state index < -0.39 is 12.1 Å². The molecule has 0 aliphatic carbocycles. The van der Waals surface area contributed by atoms with Crippen molar-refractivity contribution in [2.75, 3.05) is 7.11 Å². The van der Waals surface area contributed by atoms with Crippen LogP contribution in [0.15, 0.2) is 72.8 Å². The smallest absolute Gasteiger partial charge is 0.304 e. The molecule has 0 saturated carbocycles. The summed E-state index contributed by atoms with van der Waals surface area (Å²) < 4.78 is 7.07. The van der Waals surface area contributed by atoms with E-state index in [1.54, 1.807) is 17.9 Å². The molecule has 2 atom stereocenters. The summed E-state index contributed by atoms with van der Waals surface area (Å²) in [5.41, 5.74) is 7.32. The number of rotatable bonds is 5. The van der Waals surface area contributed by atoms with Gasteiger partial charge in [-0.25, -0.2) is 0 Å². The Morgan fingerprint density at radius 3 is 2.47 bits per heavy atom. The second-order valence-electron chi connectivity index (χ2n) is 7.97. The Balaban J connectivity index is 1.71. The highest BCUT2D eigenvalue weighted by Gasteiger charge is 2.47. The van der Waals surface area contributed by atoms with E-state index >= 15 is 0 Å². The van der Waals surface area contributed by atoms with E-state index in [0.29, 0.717) is 5.56 Å². The maximum atomic E-state index is 13.0. The standard InChI is InChI=1S/C26H25N3O3/c1-17-10-12-20(13-11-17)24-23(27-25(30)21-8-4-6-18(2)14-21)26(31)28-29(24)16-19-7-5-9-22(15-19)32-3/h4-16,23-24H,1-3H3,(H-,27,28,30,31)/p+1/b29-16-/t23-,24-/m1/s1. The van der Waals surface area contributed by atoms with Crippen LogP contribution < -0.4 is 15.5 Å². The maximum Gasteiger partial charge on any atom is 0.304 e. The fourth-order valence-corrected chi connectivity index (χ4v) is 3.84. The topological polar surface area (TPSA) is 70.4 Å². The van der Waals surface area contributed by atoms with Crippen molar-refractivity contribution >= 4 is 18.0 Å². The molecule has 2 amide bonds. The van der Waals surface area contributed by atoms with Gasteiger partial charge in [0, 0.05) is 16.7 Å². The third-order valence-corrected chi connectivity index (χ3v) is 5.50. The molecule has 1 aliphatic heterocycles. The quantitative estimate of drug-likeness (QED) is 0.613. The van der Waals surface area contributed by atoms with Crippen molar-refractivity contribution in [3.63, 3.8) is 0 Å². The fourth-order valence-electron chi connectivity index (χ4n) is 3.84. The summed E-state index contributed by atoms with van der Waals surface area (Å²) in [5.74, 6) is 0.172. The molecule has 1 aliphatic rings. The normalized spacial score (nSPS) is 19.0. The van der Waals surface area contributed by atoms with Crippen molar-refractivity contribution < 1.29 is 19.0 Å². The zero-order valence-electron chi connectivity index (χ0n) is 18.3. The molecule has 1 saturated heterocycles. The lowest BCUT2D eigenvalue weighted by atomic mass is 9.98. The number of hydrogen-bond donors (Lipinski definition) is 2. The first-order chi connectivity index (χ1) is 15.4. The predicted octanol–water partition coefficient (Wildman–Crippen LogP) is 3.33. The van der Waals surface area contributed by atoms with Crippen LogP contribution in [0.5, 0.6) is 5.75 Å². The molecule has 1 fully saturated rings. The largest absolute Gasteiger partial charge is 0.497 e. The van der Waals surface area contributed by atoms with Crippen molar-refractivity contribution in [1.29, 1.82) is 0 Å². The number of amides is 2. The summed E-state index contributed by atoms with van der Waals surface area (Å²) in [7, 11) is 1.61. The first-order valence-corrected chi connectivity index (χ1v) is 10.5. The predicted molar refractivity (Wildman–Crippen MR) is 123 cm³/mol. The van der Waals surface area contributed by atoms with Gasteiger partial charge in [0.05, 0.1) is 7.11 Å². The van der Waals surface area contributed by atoms with Crippen LogP contribution in [0.1, 0.15) is 38.7 Å². The van der Waals surface area contributed by atoms with Gasteiger partial charge in [0.1, 0.15) is 5.75 Å². The molecule has 0 unspecified atom stereocenters. The van der Waals surface area contributed by atoms with Crippen molar-refractivity contribution in [3.8, 4) is 5.75 Å². The first-order valence-electron chi connectivity index (χ1n) is 10.5. The summed E-state index contributed by atoms with van der Waals surface area (Å²) in [5, 5.41) is 2.94. The Kier molecular flexibility index (Phi) is 6.03. The van der Waals surface area contributed by atoms with Gasteiger partial charge in [-0.15, -0.1) is 10.1 Å². The van der Waals surface area contributed by atoms with Gasteiger partial charge < -0.3 is 10.1 Å². The fraction of sp³-hybridized carbons (Fsp3) is 0.192. The van der Waals surface area contributed by atoms with Crippen LogP contribution in [0.2, 0.25) is 0 Å². The van der Waals surface area contributed by atoms with Crippen LogP contribution in [0, 0.1) is 13.8 Å². The summed E-state index contributed by atoms with van der Waals surface area (Å²) in [6.07, 6.45) is 1.85. The van der Waals surface area contributed by atoms with Crippen LogP contribution in [-0.2, 0) is 4.79 Å². The third-order valence-electron chi connectivity index (χ3n) is 5.50. The zero-order valence-corrected chi connectivity index (χ0v) is 18.3. The number of aryl methyl sites for hydroxylation is 2. The molecular formula is C26H26N3O3+. The van der Waals surface area contributed by atoms with Gasteiger partial charge in [-0.1, -0.05) is 53.6 Å². The lowest BCUT2D eigenvalue weighted by Gasteiger charge is -2.15. The van der Waals surface area contributed by atoms with E-state index in [2.05, 4.69) is 10.7 Å². The summed E-state index contributed by atoms with van der Waals surface area (Å²) in [4.78, 5) is 25.9. The molecule has 1 heterocycles. The van der Waals surface area contributed by atoms with E-state index in [1.807, 2.05) is 86.8 Å². The molecule has 162 valence electrons. The van der Waals surface area contributed by atoms with E-state index in [9.17, 15) is 9.59 Å². The molecule has 0 aromatic heterocycles. The van der Waals surface area contributed by atoms with Crippen LogP contribution in [0.3, 0.4) is 0 Å². The highest BCUT2D eigenvalue weighted by molar-refractivity contribution is 5.98. The number of hydrogen-bond acceptors (Lipinski definition) is 3. The number of hydrazone groups is 1. The molecule has 3 aromatic rings. The number of nitrogens with zero attached hydrogens (tertiary/aromatic N) is 1. The average molecular weight is 429 g/mol. The second kappa shape index (κ2) is 9.06. The monoisotopic (exact) mass is 428 g/mol. The minimum Gasteiger partial charge on any atom is -0.497 e. The molecule has 0 spiro atoms.